The van der Waals surface area contributed by atoms with Gasteiger partial charge in [0.1, 0.15) is 0 Å². The van der Waals surface area contributed by atoms with Crippen LogP contribution >= 0.6 is 0 Å². The Labute approximate surface area is 107 Å². The number of ether oxygens (including phenoxy) is 1. The molecule has 100 valence electrons. The number of hydrogen-bond acceptors (Lipinski definition) is 4. The van der Waals surface area contributed by atoms with Crippen molar-refractivity contribution in [2.45, 2.75) is 37.9 Å². The summed E-state index contributed by atoms with van der Waals surface area (Å²) < 4.78 is 7.58. The maximum Gasteiger partial charge on any atom is 0.0645 e. The lowest BCUT2D eigenvalue weighted by molar-refractivity contribution is -0.0325. The van der Waals surface area contributed by atoms with Crippen LogP contribution in [0, 0.1) is 0 Å². The van der Waals surface area contributed by atoms with Crippen LogP contribution < -0.4 is 0 Å². The summed E-state index contributed by atoms with van der Waals surface area (Å²) in [4.78, 5) is 2.30. The molecule has 1 atom stereocenters. The highest BCUT2D eigenvalue weighted by molar-refractivity contribution is 5.04. The normalized spacial score (nSPS) is 26.2. The molecule has 0 spiro atoms. The van der Waals surface area contributed by atoms with E-state index in [0.29, 0.717) is 12.6 Å². The van der Waals surface area contributed by atoms with Gasteiger partial charge >= 0.3 is 0 Å². The first kappa shape index (κ1) is 12.1. The smallest absolute Gasteiger partial charge is 0.0645 e. The van der Waals surface area contributed by atoms with Gasteiger partial charge in [0.15, 0.2) is 0 Å². The SMILES string of the molecule is OC[C@@H]1COCCN1Cc1ccnn1C1CCC1. The fraction of sp³-hybridized carbons (Fsp3) is 0.769. The average molecular weight is 251 g/mol. The van der Waals surface area contributed by atoms with E-state index in [4.69, 9.17) is 4.74 Å². The second kappa shape index (κ2) is 5.38. The van der Waals surface area contributed by atoms with E-state index < -0.39 is 0 Å². The van der Waals surface area contributed by atoms with Crippen molar-refractivity contribution in [1.29, 1.82) is 0 Å². The van der Waals surface area contributed by atoms with Crippen molar-refractivity contribution in [3.05, 3.63) is 18.0 Å². The molecule has 5 nitrogen and oxygen atoms in total. The van der Waals surface area contributed by atoms with Crippen molar-refractivity contribution in [3.63, 3.8) is 0 Å². The lowest BCUT2D eigenvalue weighted by Gasteiger charge is -2.35. The van der Waals surface area contributed by atoms with Crippen molar-refractivity contribution < 1.29 is 9.84 Å². The molecule has 1 saturated heterocycles. The largest absolute Gasteiger partial charge is 0.395 e. The lowest BCUT2D eigenvalue weighted by Crippen LogP contribution is -2.47. The maximum atomic E-state index is 9.38. The Hall–Kier alpha value is -0.910. The van der Waals surface area contributed by atoms with Crippen LogP contribution in [0.2, 0.25) is 0 Å². The van der Waals surface area contributed by atoms with Crippen molar-refractivity contribution >= 4 is 0 Å². The summed E-state index contributed by atoms with van der Waals surface area (Å²) in [5.41, 5.74) is 1.26. The molecule has 0 amide bonds. The summed E-state index contributed by atoms with van der Waals surface area (Å²) in [6.45, 7) is 3.31. The summed E-state index contributed by atoms with van der Waals surface area (Å²) in [6.07, 6.45) is 5.71. The van der Waals surface area contributed by atoms with Crippen molar-refractivity contribution in [2.75, 3.05) is 26.4 Å². The van der Waals surface area contributed by atoms with Crippen LogP contribution in [0.1, 0.15) is 31.0 Å². The second-order valence-corrected chi connectivity index (χ2v) is 5.23. The van der Waals surface area contributed by atoms with Gasteiger partial charge in [0, 0.05) is 19.3 Å². The van der Waals surface area contributed by atoms with Crippen molar-refractivity contribution in [1.82, 2.24) is 14.7 Å². The molecule has 2 heterocycles. The second-order valence-electron chi connectivity index (χ2n) is 5.23. The highest BCUT2D eigenvalue weighted by atomic mass is 16.5. The molecule has 1 aromatic heterocycles. The fourth-order valence-corrected chi connectivity index (χ4v) is 2.70. The van der Waals surface area contributed by atoms with E-state index in [1.54, 1.807) is 0 Å². The highest BCUT2D eigenvalue weighted by Crippen LogP contribution is 2.32. The van der Waals surface area contributed by atoms with Crippen LogP contribution in [0.3, 0.4) is 0 Å². The van der Waals surface area contributed by atoms with E-state index in [0.717, 1.165) is 19.7 Å². The lowest BCUT2D eigenvalue weighted by atomic mass is 9.93. The first-order chi connectivity index (χ1) is 8.88. The van der Waals surface area contributed by atoms with Crippen LogP contribution in [0.4, 0.5) is 0 Å². The summed E-state index contributed by atoms with van der Waals surface area (Å²) >= 11 is 0. The molecule has 1 saturated carbocycles. The number of morpholine rings is 1. The van der Waals surface area contributed by atoms with Gasteiger partial charge in [0.2, 0.25) is 0 Å². The molecule has 3 rings (SSSR count). The molecule has 1 aliphatic heterocycles. The number of rotatable bonds is 4. The zero-order valence-electron chi connectivity index (χ0n) is 10.7. The van der Waals surface area contributed by atoms with Crippen molar-refractivity contribution in [2.24, 2.45) is 0 Å². The minimum Gasteiger partial charge on any atom is -0.395 e. The van der Waals surface area contributed by atoms with Crippen LogP contribution in [0.5, 0.6) is 0 Å². The van der Waals surface area contributed by atoms with Gasteiger partial charge in [-0.1, -0.05) is 0 Å². The summed E-state index contributed by atoms with van der Waals surface area (Å²) in [5.74, 6) is 0. The number of hydrogen-bond donors (Lipinski definition) is 1. The summed E-state index contributed by atoms with van der Waals surface area (Å²) in [5, 5.41) is 13.8. The summed E-state index contributed by atoms with van der Waals surface area (Å²) in [7, 11) is 0. The molecule has 0 bridgehead atoms. The third-order valence-corrected chi connectivity index (χ3v) is 4.10. The molecular formula is C13H21N3O2. The first-order valence-electron chi connectivity index (χ1n) is 6.83. The Morgan fingerprint density at radius 2 is 2.33 bits per heavy atom. The van der Waals surface area contributed by atoms with Crippen molar-refractivity contribution in [3.8, 4) is 0 Å². The summed E-state index contributed by atoms with van der Waals surface area (Å²) in [6, 6.07) is 2.83. The van der Waals surface area contributed by atoms with Gasteiger partial charge < -0.3 is 9.84 Å². The van der Waals surface area contributed by atoms with E-state index in [1.165, 1.54) is 25.0 Å². The Morgan fingerprint density at radius 1 is 1.44 bits per heavy atom. The molecule has 2 aliphatic rings. The predicted octanol–water partition coefficient (Wildman–Crippen LogP) is 0.801. The van der Waals surface area contributed by atoms with Crippen LogP contribution in [0.15, 0.2) is 12.3 Å². The van der Waals surface area contributed by atoms with E-state index in [9.17, 15) is 5.11 Å². The fourth-order valence-electron chi connectivity index (χ4n) is 2.70. The molecule has 0 unspecified atom stereocenters. The van der Waals surface area contributed by atoms with Crippen LogP contribution in [0.25, 0.3) is 0 Å². The van der Waals surface area contributed by atoms with E-state index >= 15 is 0 Å². The van der Waals surface area contributed by atoms with Gasteiger partial charge in [-0.3, -0.25) is 9.58 Å². The van der Waals surface area contributed by atoms with Gasteiger partial charge in [-0.05, 0) is 25.3 Å². The third-order valence-electron chi connectivity index (χ3n) is 4.10. The minimum atomic E-state index is 0.128. The van der Waals surface area contributed by atoms with Gasteiger partial charge in [-0.15, -0.1) is 0 Å². The number of nitrogens with zero attached hydrogens (tertiary/aromatic N) is 3. The number of aliphatic hydroxyl groups is 1. The maximum absolute atomic E-state index is 9.38. The molecule has 1 N–H and O–H groups in total. The molecule has 5 heteroatoms. The average Bonchev–Trinajstić information content (AvgIpc) is 2.76. The number of aliphatic hydroxyl groups excluding tert-OH is 1. The molecule has 2 fully saturated rings. The van der Waals surface area contributed by atoms with Gasteiger partial charge in [-0.2, -0.15) is 5.10 Å². The highest BCUT2D eigenvalue weighted by Gasteiger charge is 2.26. The topological polar surface area (TPSA) is 50.5 Å². The van der Waals surface area contributed by atoms with Gasteiger partial charge in [0.25, 0.3) is 0 Å². The molecule has 1 aromatic rings. The van der Waals surface area contributed by atoms with Gasteiger partial charge in [0.05, 0.1) is 37.6 Å². The quantitative estimate of drug-likeness (QED) is 0.860. The molecule has 18 heavy (non-hydrogen) atoms. The number of aromatic nitrogens is 2. The van der Waals surface area contributed by atoms with Crippen LogP contribution in [-0.2, 0) is 11.3 Å². The van der Waals surface area contributed by atoms with Crippen LogP contribution in [-0.4, -0.2) is 52.2 Å². The Morgan fingerprint density at radius 3 is 3.06 bits per heavy atom. The predicted molar refractivity (Wildman–Crippen MR) is 67.2 cm³/mol. The third kappa shape index (κ3) is 2.30. The first-order valence-corrected chi connectivity index (χ1v) is 6.83. The zero-order chi connectivity index (χ0) is 12.4. The zero-order valence-corrected chi connectivity index (χ0v) is 10.7. The Bertz CT molecular complexity index is 389. The molecule has 1 aliphatic carbocycles. The van der Waals surface area contributed by atoms with E-state index in [-0.39, 0.29) is 12.6 Å². The molecule has 0 aromatic carbocycles. The Kier molecular flexibility index (Phi) is 3.63. The standard InChI is InChI=1S/C13H21N3O2/c17-9-13-10-18-7-6-15(13)8-12-4-5-14-16(12)11-2-1-3-11/h4-5,11,13,17H,1-3,6-10H2/t13-/m1/s1. The van der Waals surface area contributed by atoms with Gasteiger partial charge in [-0.25, -0.2) is 0 Å². The molecular weight excluding hydrogens is 230 g/mol. The minimum absolute atomic E-state index is 0.128. The van der Waals surface area contributed by atoms with E-state index in [1.807, 2.05) is 6.20 Å². The molecule has 0 radical (unpaired) electrons. The van der Waals surface area contributed by atoms with E-state index in [2.05, 4.69) is 20.7 Å². The monoisotopic (exact) mass is 251 g/mol. The Balaban J connectivity index is 1.69.